The summed E-state index contributed by atoms with van der Waals surface area (Å²) in [6, 6.07) is 0. The average Bonchev–Trinajstić information content (AvgIpc) is 2.41. The molecule has 0 amide bonds. The van der Waals surface area contributed by atoms with E-state index in [0.29, 0.717) is 32.1 Å². The van der Waals surface area contributed by atoms with E-state index in [4.69, 9.17) is 22.1 Å². The molecule has 0 atom stereocenters. The fraction of sp³-hybridized carbons (Fsp3) is 0.500. The number of nitrogens with two attached hydrogens (primary N) is 1. The number of hydrogen-bond donors (Lipinski definition) is 1. The number of aromatic nitrogens is 2. The lowest BCUT2D eigenvalue weighted by Crippen LogP contribution is -2.37. The molecular formula is C10H13ClN4O3. The number of methoxy groups -OCH3 is 1. The van der Waals surface area contributed by atoms with Gasteiger partial charge in [0.2, 0.25) is 0 Å². The second-order valence-corrected chi connectivity index (χ2v) is 4.02. The van der Waals surface area contributed by atoms with Crippen LogP contribution < -0.4 is 10.6 Å². The van der Waals surface area contributed by atoms with Crippen LogP contribution in [0.25, 0.3) is 0 Å². The van der Waals surface area contributed by atoms with Gasteiger partial charge in [0, 0.05) is 13.1 Å². The molecule has 0 saturated carbocycles. The number of ether oxygens (including phenoxy) is 2. The Bertz CT molecular complexity index is 463. The average molecular weight is 273 g/mol. The van der Waals surface area contributed by atoms with Gasteiger partial charge in [-0.15, -0.1) is 0 Å². The summed E-state index contributed by atoms with van der Waals surface area (Å²) in [6.45, 7) is 2.50. The summed E-state index contributed by atoms with van der Waals surface area (Å²) in [5.74, 6) is -0.187. The molecule has 8 heteroatoms. The summed E-state index contributed by atoms with van der Waals surface area (Å²) in [4.78, 5) is 21.3. The van der Waals surface area contributed by atoms with Crippen molar-refractivity contribution in [3.05, 3.63) is 10.8 Å². The molecule has 7 nitrogen and oxygen atoms in total. The van der Waals surface area contributed by atoms with E-state index in [2.05, 4.69) is 14.7 Å². The van der Waals surface area contributed by atoms with Gasteiger partial charge in [0.25, 0.3) is 0 Å². The van der Waals surface area contributed by atoms with E-state index < -0.39 is 5.97 Å². The van der Waals surface area contributed by atoms with E-state index in [0.717, 1.165) is 0 Å². The van der Waals surface area contributed by atoms with E-state index in [1.165, 1.54) is 7.11 Å². The normalized spacial score (nSPS) is 15.6. The largest absolute Gasteiger partial charge is 0.464 e. The van der Waals surface area contributed by atoms with E-state index in [1.807, 2.05) is 4.90 Å². The predicted molar refractivity (Wildman–Crippen MR) is 65.8 cm³/mol. The SMILES string of the molecule is COC(=O)c1nc(Cl)c(N2CCOCC2)nc1N. The molecule has 1 aromatic heterocycles. The van der Waals surface area contributed by atoms with Crippen LogP contribution >= 0.6 is 11.6 Å². The number of nitrogen functional groups attached to an aromatic ring is 1. The van der Waals surface area contributed by atoms with Crippen LogP contribution in [0.5, 0.6) is 0 Å². The van der Waals surface area contributed by atoms with Gasteiger partial charge in [0.15, 0.2) is 22.5 Å². The highest BCUT2D eigenvalue weighted by Crippen LogP contribution is 2.25. The summed E-state index contributed by atoms with van der Waals surface area (Å²) >= 11 is 6.02. The number of esters is 1. The molecule has 2 heterocycles. The van der Waals surface area contributed by atoms with Gasteiger partial charge >= 0.3 is 5.97 Å². The molecular weight excluding hydrogens is 260 g/mol. The fourth-order valence-corrected chi connectivity index (χ4v) is 1.89. The highest BCUT2D eigenvalue weighted by molar-refractivity contribution is 6.32. The Hall–Kier alpha value is -1.60. The van der Waals surface area contributed by atoms with E-state index in [9.17, 15) is 4.79 Å². The van der Waals surface area contributed by atoms with Crippen LogP contribution in [0, 0.1) is 0 Å². The second kappa shape index (κ2) is 5.36. The minimum absolute atomic E-state index is 0.00717. The highest BCUT2D eigenvalue weighted by atomic mass is 35.5. The smallest absolute Gasteiger partial charge is 0.360 e. The molecule has 1 aliphatic heterocycles. The van der Waals surface area contributed by atoms with Crippen molar-refractivity contribution in [2.45, 2.75) is 0 Å². The van der Waals surface area contributed by atoms with Gasteiger partial charge in [-0.1, -0.05) is 11.6 Å². The van der Waals surface area contributed by atoms with Crippen molar-refractivity contribution in [1.29, 1.82) is 0 Å². The zero-order valence-electron chi connectivity index (χ0n) is 9.85. The van der Waals surface area contributed by atoms with E-state index >= 15 is 0 Å². The van der Waals surface area contributed by atoms with Crippen molar-refractivity contribution >= 4 is 29.2 Å². The molecule has 2 rings (SSSR count). The number of anilines is 2. The Morgan fingerprint density at radius 2 is 2.11 bits per heavy atom. The molecule has 1 aliphatic rings. The number of carbonyl (C=O) groups excluding carboxylic acids is 1. The third kappa shape index (κ3) is 2.46. The molecule has 0 aliphatic carbocycles. The quantitative estimate of drug-likeness (QED) is 0.776. The van der Waals surface area contributed by atoms with Crippen molar-refractivity contribution in [3.63, 3.8) is 0 Å². The lowest BCUT2D eigenvalue weighted by atomic mass is 10.4. The summed E-state index contributed by atoms with van der Waals surface area (Å²) in [6.07, 6.45) is 0. The zero-order valence-corrected chi connectivity index (χ0v) is 10.6. The van der Waals surface area contributed by atoms with Crippen LogP contribution in [0.2, 0.25) is 5.15 Å². The highest BCUT2D eigenvalue weighted by Gasteiger charge is 2.21. The first-order valence-corrected chi connectivity index (χ1v) is 5.75. The summed E-state index contributed by atoms with van der Waals surface area (Å²) in [5.41, 5.74) is 5.61. The van der Waals surface area contributed by atoms with Crippen LogP contribution in [0.4, 0.5) is 11.6 Å². The van der Waals surface area contributed by atoms with E-state index in [-0.39, 0.29) is 16.7 Å². The van der Waals surface area contributed by atoms with Crippen LogP contribution in [-0.2, 0) is 9.47 Å². The Balaban J connectivity index is 2.33. The number of carbonyl (C=O) groups is 1. The van der Waals surface area contributed by atoms with Gasteiger partial charge in [-0.3, -0.25) is 0 Å². The molecule has 0 radical (unpaired) electrons. The van der Waals surface area contributed by atoms with Crippen LogP contribution in [-0.4, -0.2) is 49.4 Å². The van der Waals surface area contributed by atoms with Gasteiger partial charge in [-0.05, 0) is 0 Å². The first kappa shape index (κ1) is 12.8. The van der Waals surface area contributed by atoms with Crippen molar-refractivity contribution in [2.75, 3.05) is 44.0 Å². The molecule has 0 spiro atoms. The van der Waals surface area contributed by atoms with Crippen molar-refractivity contribution in [2.24, 2.45) is 0 Å². The van der Waals surface area contributed by atoms with Gasteiger partial charge in [0.1, 0.15) is 0 Å². The zero-order chi connectivity index (χ0) is 13.1. The monoisotopic (exact) mass is 272 g/mol. The maximum absolute atomic E-state index is 11.4. The minimum Gasteiger partial charge on any atom is -0.464 e. The number of nitrogens with zero attached hydrogens (tertiary/aromatic N) is 3. The molecule has 2 N–H and O–H groups in total. The minimum atomic E-state index is -0.657. The molecule has 0 aromatic carbocycles. The first-order chi connectivity index (χ1) is 8.63. The third-order valence-corrected chi connectivity index (χ3v) is 2.81. The molecule has 1 saturated heterocycles. The van der Waals surface area contributed by atoms with Gasteiger partial charge < -0.3 is 20.1 Å². The van der Waals surface area contributed by atoms with E-state index in [1.54, 1.807) is 0 Å². The lowest BCUT2D eigenvalue weighted by Gasteiger charge is -2.28. The summed E-state index contributed by atoms with van der Waals surface area (Å²) in [7, 11) is 1.24. The third-order valence-electron chi connectivity index (χ3n) is 2.55. The summed E-state index contributed by atoms with van der Waals surface area (Å²) < 4.78 is 9.78. The summed E-state index contributed by atoms with van der Waals surface area (Å²) in [5, 5.41) is 0.131. The molecule has 18 heavy (non-hydrogen) atoms. The predicted octanol–water partition coefficient (Wildman–Crippen LogP) is 0.335. The molecule has 98 valence electrons. The Morgan fingerprint density at radius 3 is 2.72 bits per heavy atom. The standard InChI is InChI=1S/C10H13ClN4O3/c1-17-10(16)6-8(12)14-9(7(11)13-6)15-2-4-18-5-3-15/h2-5H2,1H3,(H2,12,14). The molecule has 1 fully saturated rings. The first-order valence-electron chi connectivity index (χ1n) is 5.37. The maximum atomic E-state index is 11.4. The number of morpholine rings is 1. The van der Waals surface area contributed by atoms with Crippen molar-refractivity contribution in [3.8, 4) is 0 Å². The fourth-order valence-electron chi connectivity index (χ4n) is 1.64. The number of hydrogen-bond acceptors (Lipinski definition) is 7. The Kier molecular flexibility index (Phi) is 3.83. The van der Waals surface area contributed by atoms with Crippen LogP contribution in [0.3, 0.4) is 0 Å². The van der Waals surface area contributed by atoms with Crippen LogP contribution in [0.1, 0.15) is 10.5 Å². The molecule has 1 aromatic rings. The van der Waals surface area contributed by atoms with Gasteiger partial charge in [-0.2, -0.15) is 0 Å². The number of halogens is 1. The van der Waals surface area contributed by atoms with Crippen LogP contribution in [0.15, 0.2) is 0 Å². The number of rotatable bonds is 2. The van der Waals surface area contributed by atoms with Crippen molar-refractivity contribution < 1.29 is 14.3 Å². The maximum Gasteiger partial charge on any atom is 0.360 e. The Labute approximate surface area is 109 Å². The van der Waals surface area contributed by atoms with Gasteiger partial charge in [0.05, 0.1) is 20.3 Å². The Morgan fingerprint density at radius 1 is 1.44 bits per heavy atom. The second-order valence-electron chi connectivity index (χ2n) is 3.66. The topological polar surface area (TPSA) is 90.6 Å². The van der Waals surface area contributed by atoms with Gasteiger partial charge in [-0.25, -0.2) is 14.8 Å². The molecule has 0 bridgehead atoms. The lowest BCUT2D eigenvalue weighted by molar-refractivity contribution is 0.0595. The van der Waals surface area contributed by atoms with Crippen molar-refractivity contribution in [1.82, 2.24) is 9.97 Å². The molecule has 0 unspecified atom stereocenters.